The minimum atomic E-state index is -0.506. The van der Waals surface area contributed by atoms with E-state index in [1.807, 2.05) is 0 Å². The Morgan fingerprint density at radius 2 is 1.79 bits per heavy atom. The first-order valence-corrected chi connectivity index (χ1v) is 6.13. The smallest absolute Gasteiger partial charge is 0.129 e. The van der Waals surface area contributed by atoms with E-state index in [1.54, 1.807) is 6.07 Å². The monoisotopic (exact) mass is 312 g/mol. The zero-order chi connectivity index (χ0) is 12.1. The summed E-state index contributed by atoms with van der Waals surface area (Å²) in [6.45, 7) is 5.17. The molecule has 19 heavy (non-hydrogen) atoms. The molecular weight excluding hydrogens is 293 g/mol. The number of hydrogen-bond donors (Lipinski definition) is 1. The topological polar surface area (TPSA) is 15.3 Å². The van der Waals surface area contributed by atoms with Crippen molar-refractivity contribution < 1.29 is 8.78 Å². The van der Waals surface area contributed by atoms with Crippen LogP contribution >= 0.6 is 24.8 Å². The zero-order valence-corrected chi connectivity index (χ0v) is 12.3. The van der Waals surface area contributed by atoms with E-state index in [2.05, 4.69) is 10.2 Å². The van der Waals surface area contributed by atoms with E-state index in [0.29, 0.717) is 12.0 Å². The molecule has 110 valence electrons. The van der Waals surface area contributed by atoms with Crippen LogP contribution in [-0.2, 0) is 6.42 Å². The molecule has 1 aromatic rings. The Bertz CT molecular complexity index is 372. The number of hydrogen-bond acceptors (Lipinski definition) is 2. The lowest BCUT2D eigenvalue weighted by atomic mass is 10.1. The highest BCUT2D eigenvalue weighted by atomic mass is 35.5. The van der Waals surface area contributed by atoms with Crippen LogP contribution < -0.4 is 5.32 Å². The second kappa shape index (κ2) is 9.48. The van der Waals surface area contributed by atoms with Crippen molar-refractivity contribution in [3.8, 4) is 0 Å². The Labute approximate surface area is 125 Å². The molecule has 1 saturated heterocycles. The maximum atomic E-state index is 13.4. The van der Waals surface area contributed by atoms with Gasteiger partial charge in [0, 0.05) is 32.2 Å². The van der Waals surface area contributed by atoms with E-state index in [0.717, 1.165) is 45.2 Å². The number of aryl methyl sites for hydroxylation is 1. The molecule has 0 radical (unpaired) electrons. The van der Waals surface area contributed by atoms with Crippen LogP contribution in [0.5, 0.6) is 0 Å². The van der Waals surface area contributed by atoms with Crippen LogP contribution in [0.1, 0.15) is 12.0 Å². The molecular formula is C13H20Cl2F2N2. The van der Waals surface area contributed by atoms with Gasteiger partial charge >= 0.3 is 0 Å². The maximum absolute atomic E-state index is 13.4. The second-order valence-electron chi connectivity index (χ2n) is 4.43. The molecule has 2 rings (SSSR count). The minimum absolute atomic E-state index is 0. The molecule has 2 nitrogen and oxygen atoms in total. The molecule has 0 atom stereocenters. The molecule has 0 saturated carbocycles. The molecule has 0 aliphatic carbocycles. The Balaban J connectivity index is 0.00000162. The predicted molar refractivity (Wildman–Crippen MR) is 78.5 cm³/mol. The summed E-state index contributed by atoms with van der Waals surface area (Å²) in [5.41, 5.74) is 0.613. The van der Waals surface area contributed by atoms with Crippen molar-refractivity contribution in [2.24, 2.45) is 0 Å². The third-order valence-electron chi connectivity index (χ3n) is 3.15. The van der Waals surface area contributed by atoms with Gasteiger partial charge < -0.3 is 10.2 Å². The number of benzene rings is 1. The van der Waals surface area contributed by atoms with E-state index in [1.165, 1.54) is 6.07 Å². The van der Waals surface area contributed by atoms with E-state index in [-0.39, 0.29) is 24.8 Å². The lowest BCUT2D eigenvalue weighted by molar-refractivity contribution is 0.238. The molecule has 1 aromatic carbocycles. The van der Waals surface area contributed by atoms with Crippen LogP contribution in [0.3, 0.4) is 0 Å². The Morgan fingerprint density at radius 3 is 2.42 bits per heavy atom. The van der Waals surface area contributed by atoms with Crippen LogP contribution in [0, 0.1) is 11.6 Å². The number of nitrogens with zero attached hydrogens (tertiary/aromatic N) is 1. The van der Waals surface area contributed by atoms with Gasteiger partial charge in [-0.05, 0) is 31.0 Å². The van der Waals surface area contributed by atoms with Crippen molar-refractivity contribution in [2.45, 2.75) is 12.8 Å². The summed E-state index contributed by atoms with van der Waals surface area (Å²) < 4.78 is 26.1. The van der Waals surface area contributed by atoms with E-state index in [4.69, 9.17) is 0 Å². The first kappa shape index (κ1) is 18.6. The molecule has 0 spiro atoms. The fourth-order valence-electron chi connectivity index (χ4n) is 2.15. The molecule has 0 unspecified atom stereocenters. The Kier molecular flexibility index (Phi) is 9.27. The summed E-state index contributed by atoms with van der Waals surface area (Å²) in [6.07, 6.45) is 1.60. The van der Waals surface area contributed by atoms with Crippen molar-refractivity contribution in [1.29, 1.82) is 0 Å². The third-order valence-corrected chi connectivity index (χ3v) is 3.15. The van der Waals surface area contributed by atoms with Crippen molar-refractivity contribution in [3.05, 3.63) is 35.4 Å². The van der Waals surface area contributed by atoms with Gasteiger partial charge in [-0.3, -0.25) is 0 Å². The summed E-state index contributed by atoms with van der Waals surface area (Å²) in [5.74, 6) is -0.932. The number of rotatable bonds is 4. The lowest BCUT2D eigenvalue weighted by Gasteiger charge is -2.27. The lowest BCUT2D eigenvalue weighted by Crippen LogP contribution is -2.43. The van der Waals surface area contributed by atoms with E-state index >= 15 is 0 Å². The molecule has 1 aliphatic rings. The van der Waals surface area contributed by atoms with E-state index < -0.39 is 11.6 Å². The number of piperazine rings is 1. The summed E-state index contributed by atoms with van der Waals surface area (Å²) in [5, 5.41) is 3.29. The van der Waals surface area contributed by atoms with Crippen molar-refractivity contribution >= 4 is 24.8 Å². The zero-order valence-electron chi connectivity index (χ0n) is 10.7. The molecule has 0 bridgehead atoms. The van der Waals surface area contributed by atoms with Gasteiger partial charge in [0.05, 0.1) is 0 Å². The largest absolute Gasteiger partial charge is 0.314 e. The highest BCUT2D eigenvalue weighted by molar-refractivity contribution is 5.85. The van der Waals surface area contributed by atoms with Crippen LogP contribution in [0.25, 0.3) is 0 Å². The fraction of sp³-hybridized carbons (Fsp3) is 0.538. The fourth-order valence-corrected chi connectivity index (χ4v) is 2.15. The second-order valence-corrected chi connectivity index (χ2v) is 4.43. The molecule has 0 aromatic heterocycles. The maximum Gasteiger partial charge on any atom is 0.129 e. The van der Waals surface area contributed by atoms with Gasteiger partial charge in [0.15, 0.2) is 0 Å². The highest BCUT2D eigenvalue weighted by Gasteiger charge is 2.09. The van der Waals surface area contributed by atoms with Gasteiger partial charge in [-0.1, -0.05) is 6.07 Å². The molecule has 0 amide bonds. The van der Waals surface area contributed by atoms with Gasteiger partial charge in [-0.15, -0.1) is 24.8 Å². The summed E-state index contributed by atoms with van der Waals surface area (Å²) in [6, 6.07) is 3.83. The molecule has 6 heteroatoms. The molecule has 1 heterocycles. The predicted octanol–water partition coefficient (Wildman–Crippen LogP) is 2.65. The van der Waals surface area contributed by atoms with Crippen LogP contribution in [-0.4, -0.2) is 37.6 Å². The number of nitrogens with one attached hydrogen (secondary N) is 1. The average molecular weight is 313 g/mol. The van der Waals surface area contributed by atoms with Crippen molar-refractivity contribution in [1.82, 2.24) is 10.2 Å². The third kappa shape index (κ3) is 6.04. The first-order chi connectivity index (χ1) is 8.25. The van der Waals surface area contributed by atoms with Crippen LogP contribution in [0.15, 0.2) is 18.2 Å². The minimum Gasteiger partial charge on any atom is -0.314 e. The van der Waals surface area contributed by atoms with Gasteiger partial charge in [-0.2, -0.15) is 0 Å². The number of halogens is 4. The quantitative estimate of drug-likeness (QED) is 0.919. The van der Waals surface area contributed by atoms with Crippen LogP contribution in [0.2, 0.25) is 0 Å². The summed E-state index contributed by atoms with van der Waals surface area (Å²) in [7, 11) is 0. The summed E-state index contributed by atoms with van der Waals surface area (Å²) in [4.78, 5) is 2.37. The first-order valence-electron chi connectivity index (χ1n) is 6.13. The van der Waals surface area contributed by atoms with Gasteiger partial charge in [-0.25, -0.2) is 8.78 Å². The SMILES string of the molecule is Cl.Cl.Fc1ccc(CCCN2CCNCC2)c(F)c1. The van der Waals surface area contributed by atoms with Crippen molar-refractivity contribution in [2.75, 3.05) is 32.7 Å². The normalized spacial score (nSPS) is 15.5. The van der Waals surface area contributed by atoms with Gasteiger partial charge in [0.1, 0.15) is 11.6 Å². The Hall–Kier alpha value is -0.420. The molecule has 1 fully saturated rings. The Morgan fingerprint density at radius 1 is 1.11 bits per heavy atom. The highest BCUT2D eigenvalue weighted by Crippen LogP contribution is 2.11. The van der Waals surface area contributed by atoms with E-state index in [9.17, 15) is 8.78 Å². The average Bonchev–Trinajstić information content (AvgIpc) is 2.33. The standard InChI is InChI=1S/C13H18F2N2.2ClH/c14-12-4-3-11(13(15)10-12)2-1-7-17-8-5-16-6-9-17;;/h3-4,10,16H,1-2,5-9H2;2*1H. The molecule has 1 N–H and O–H groups in total. The summed E-state index contributed by atoms with van der Waals surface area (Å²) >= 11 is 0. The van der Waals surface area contributed by atoms with Gasteiger partial charge in [0.25, 0.3) is 0 Å². The van der Waals surface area contributed by atoms with Crippen LogP contribution in [0.4, 0.5) is 8.78 Å². The van der Waals surface area contributed by atoms with Gasteiger partial charge in [0.2, 0.25) is 0 Å². The molecule has 1 aliphatic heterocycles. The van der Waals surface area contributed by atoms with Crippen molar-refractivity contribution in [3.63, 3.8) is 0 Å².